The fourth-order valence-corrected chi connectivity index (χ4v) is 5.27. The highest BCUT2D eigenvalue weighted by Gasteiger charge is 2.20. The van der Waals surface area contributed by atoms with Crippen LogP contribution in [-0.4, -0.2) is 29.1 Å². The molecule has 0 N–H and O–H groups in total. The molecule has 0 radical (unpaired) electrons. The third kappa shape index (κ3) is 2.61. The third-order valence-corrected chi connectivity index (χ3v) is 6.80. The molecule has 36 heavy (non-hydrogen) atoms. The molecule has 0 atom stereocenters. The zero-order chi connectivity index (χ0) is 23.6. The number of hydrogen-bond donors (Lipinski definition) is 0. The van der Waals surface area contributed by atoms with Crippen molar-refractivity contribution >= 4 is 55.0 Å². The second kappa shape index (κ2) is 7.20. The topological polar surface area (TPSA) is 61.4 Å². The van der Waals surface area contributed by atoms with Gasteiger partial charge in [0.05, 0.1) is 38.6 Å². The van der Waals surface area contributed by atoms with E-state index in [4.69, 9.17) is 15.0 Å². The number of hydrogen-bond acceptors (Lipinski definition) is 4. The molecular formula is C30H18N6. The van der Waals surface area contributed by atoms with Gasteiger partial charge in [-0.15, -0.1) is 0 Å². The average molecular weight is 463 g/mol. The van der Waals surface area contributed by atoms with Crippen LogP contribution >= 0.6 is 0 Å². The molecule has 2 aromatic carbocycles. The zero-order valence-electron chi connectivity index (χ0n) is 19.1. The Kier molecular flexibility index (Phi) is 3.85. The Balaban J connectivity index is 1.55. The van der Waals surface area contributed by atoms with Gasteiger partial charge in [0.1, 0.15) is 16.9 Å². The van der Waals surface area contributed by atoms with E-state index >= 15 is 0 Å². The maximum Gasteiger partial charge on any atom is 0.138 e. The molecule has 0 aliphatic carbocycles. The maximum atomic E-state index is 5.24. The van der Waals surface area contributed by atoms with Crippen LogP contribution in [0.25, 0.3) is 66.5 Å². The number of benzene rings is 2. The molecule has 8 rings (SSSR count). The van der Waals surface area contributed by atoms with E-state index in [0.717, 1.165) is 66.5 Å². The molecule has 6 heteroatoms. The number of fused-ring (bicyclic) bond motifs is 7. The van der Waals surface area contributed by atoms with Gasteiger partial charge >= 0.3 is 0 Å². The van der Waals surface area contributed by atoms with Gasteiger partial charge in [0.15, 0.2) is 0 Å². The van der Waals surface area contributed by atoms with Crippen LogP contribution in [-0.2, 0) is 0 Å². The normalized spacial score (nSPS) is 11.9. The molecule has 0 aliphatic heterocycles. The molecule has 0 amide bonds. The summed E-state index contributed by atoms with van der Waals surface area (Å²) in [7, 11) is 0. The number of pyridine rings is 4. The monoisotopic (exact) mass is 462 g/mol. The first kappa shape index (κ1) is 19.2. The van der Waals surface area contributed by atoms with Crippen LogP contribution in [0.1, 0.15) is 0 Å². The van der Waals surface area contributed by atoms with Gasteiger partial charge in [0, 0.05) is 23.5 Å². The Morgan fingerprint density at radius 2 is 1.25 bits per heavy atom. The summed E-state index contributed by atoms with van der Waals surface area (Å²) in [6.07, 6.45) is 3.61. The summed E-state index contributed by atoms with van der Waals surface area (Å²) in [6, 6.07) is 33.0. The molecule has 6 nitrogen and oxygen atoms in total. The molecule has 0 bridgehead atoms. The number of rotatable bonds is 2. The van der Waals surface area contributed by atoms with Gasteiger partial charge in [-0.05, 0) is 60.7 Å². The van der Waals surface area contributed by atoms with Crippen molar-refractivity contribution < 1.29 is 0 Å². The minimum Gasteiger partial charge on any atom is -0.308 e. The first-order valence-corrected chi connectivity index (χ1v) is 11.8. The third-order valence-electron chi connectivity index (χ3n) is 6.80. The Morgan fingerprint density at radius 1 is 0.472 bits per heavy atom. The summed E-state index contributed by atoms with van der Waals surface area (Å²) in [5.74, 6) is 0.812. The van der Waals surface area contributed by atoms with Crippen molar-refractivity contribution in [2.75, 3.05) is 0 Å². The lowest BCUT2D eigenvalue weighted by atomic mass is 10.2. The number of nitrogens with zero attached hydrogens (tertiary/aromatic N) is 6. The summed E-state index contributed by atoms with van der Waals surface area (Å²) in [4.78, 5) is 19.4. The molecule has 6 heterocycles. The van der Waals surface area contributed by atoms with Crippen LogP contribution in [0.3, 0.4) is 0 Å². The van der Waals surface area contributed by atoms with E-state index in [1.807, 2.05) is 42.6 Å². The van der Waals surface area contributed by atoms with Crippen molar-refractivity contribution in [1.82, 2.24) is 29.1 Å². The first-order valence-electron chi connectivity index (χ1n) is 11.8. The summed E-state index contributed by atoms with van der Waals surface area (Å²) in [5, 5.41) is 1.12. The highest BCUT2D eigenvalue weighted by molar-refractivity contribution is 6.14. The van der Waals surface area contributed by atoms with E-state index in [-0.39, 0.29) is 0 Å². The van der Waals surface area contributed by atoms with E-state index in [9.17, 15) is 0 Å². The fourth-order valence-electron chi connectivity index (χ4n) is 5.27. The van der Waals surface area contributed by atoms with Crippen molar-refractivity contribution in [1.29, 1.82) is 0 Å². The fraction of sp³-hybridized carbons (Fsp3) is 0. The first-order chi connectivity index (χ1) is 17.9. The molecule has 0 unspecified atom stereocenters. The quantitative estimate of drug-likeness (QED) is 0.290. The standard InChI is InChI=1S/C30H18N6/c1-2-8-19(9-3-1)35-23-12-5-4-10-20(23)28-25(35)18-26-30(34-28)29-24(13-7-17-32-29)36(26)27-15-14-21-22(33-27)11-6-16-31-21/h1-18H. The van der Waals surface area contributed by atoms with Gasteiger partial charge in [-0.1, -0.05) is 36.4 Å². The Morgan fingerprint density at radius 3 is 2.19 bits per heavy atom. The van der Waals surface area contributed by atoms with Crippen LogP contribution in [0.5, 0.6) is 0 Å². The van der Waals surface area contributed by atoms with Gasteiger partial charge in [-0.25, -0.2) is 9.97 Å². The van der Waals surface area contributed by atoms with Crippen LogP contribution in [0.15, 0.2) is 109 Å². The van der Waals surface area contributed by atoms with Crippen molar-refractivity contribution in [2.24, 2.45) is 0 Å². The summed E-state index contributed by atoms with van der Waals surface area (Å²) < 4.78 is 4.44. The minimum absolute atomic E-state index is 0.812. The van der Waals surface area contributed by atoms with Gasteiger partial charge < -0.3 is 4.57 Å². The number of para-hydroxylation sites is 2. The molecule has 0 spiro atoms. The Hall–Kier alpha value is -5.10. The zero-order valence-corrected chi connectivity index (χ0v) is 19.1. The van der Waals surface area contributed by atoms with Gasteiger partial charge in [-0.3, -0.25) is 14.5 Å². The van der Waals surface area contributed by atoms with Crippen molar-refractivity contribution in [2.45, 2.75) is 0 Å². The van der Waals surface area contributed by atoms with Crippen LogP contribution in [0.4, 0.5) is 0 Å². The van der Waals surface area contributed by atoms with E-state index in [2.05, 4.69) is 74.8 Å². The minimum atomic E-state index is 0.812. The lowest BCUT2D eigenvalue weighted by molar-refractivity contribution is 1.09. The Bertz CT molecular complexity index is 2100. The molecule has 8 aromatic rings. The molecule has 0 saturated carbocycles. The lowest BCUT2D eigenvalue weighted by Crippen LogP contribution is -1.99. The molecule has 0 fully saturated rings. The van der Waals surface area contributed by atoms with Gasteiger partial charge in [0.2, 0.25) is 0 Å². The summed E-state index contributed by atoms with van der Waals surface area (Å²) in [5.41, 5.74) is 9.60. The molecule has 0 aliphatic rings. The highest BCUT2D eigenvalue weighted by atomic mass is 15.1. The van der Waals surface area contributed by atoms with Crippen molar-refractivity contribution in [3.63, 3.8) is 0 Å². The lowest BCUT2D eigenvalue weighted by Gasteiger charge is -2.09. The second-order valence-electron chi connectivity index (χ2n) is 8.83. The predicted octanol–water partition coefficient (Wildman–Crippen LogP) is 6.61. The van der Waals surface area contributed by atoms with E-state index in [1.165, 1.54) is 0 Å². The molecule has 168 valence electrons. The maximum absolute atomic E-state index is 5.24. The average Bonchev–Trinajstić information content (AvgIpc) is 3.44. The summed E-state index contributed by atoms with van der Waals surface area (Å²) >= 11 is 0. The van der Waals surface area contributed by atoms with Crippen LogP contribution in [0.2, 0.25) is 0 Å². The van der Waals surface area contributed by atoms with E-state index in [1.54, 1.807) is 6.20 Å². The number of aromatic nitrogens is 6. The Labute approximate surface area is 205 Å². The predicted molar refractivity (Wildman–Crippen MR) is 144 cm³/mol. The molecular weight excluding hydrogens is 444 g/mol. The van der Waals surface area contributed by atoms with Crippen molar-refractivity contribution in [3.8, 4) is 11.5 Å². The summed E-state index contributed by atoms with van der Waals surface area (Å²) in [6.45, 7) is 0. The van der Waals surface area contributed by atoms with Crippen LogP contribution < -0.4 is 0 Å². The highest BCUT2D eigenvalue weighted by Crippen LogP contribution is 2.36. The second-order valence-corrected chi connectivity index (χ2v) is 8.83. The smallest absolute Gasteiger partial charge is 0.138 e. The largest absolute Gasteiger partial charge is 0.308 e. The van der Waals surface area contributed by atoms with Gasteiger partial charge in [0.25, 0.3) is 0 Å². The molecule has 0 saturated heterocycles. The molecule has 6 aromatic heterocycles. The van der Waals surface area contributed by atoms with E-state index < -0.39 is 0 Å². The van der Waals surface area contributed by atoms with Gasteiger partial charge in [-0.2, -0.15) is 0 Å². The van der Waals surface area contributed by atoms with Crippen LogP contribution in [0, 0.1) is 0 Å². The SMILES string of the molecule is c1ccc(-n2c3ccccc3c3nc4c5ncccc5n(-c5ccc6ncccc6n5)c4cc32)cc1. The van der Waals surface area contributed by atoms with E-state index in [0.29, 0.717) is 0 Å². The van der Waals surface area contributed by atoms with Crippen molar-refractivity contribution in [3.05, 3.63) is 109 Å².